The van der Waals surface area contributed by atoms with Gasteiger partial charge >= 0.3 is 0 Å². The number of methoxy groups -OCH3 is 1. The lowest BCUT2D eigenvalue weighted by Crippen LogP contribution is -2.00. The van der Waals surface area contributed by atoms with Crippen molar-refractivity contribution >= 4 is 0 Å². The molecule has 0 radical (unpaired) electrons. The first-order chi connectivity index (χ1) is 8.27. The van der Waals surface area contributed by atoms with Gasteiger partial charge in [0.1, 0.15) is 0 Å². The number of nitrogens with two attached hydrogens (primary N) is 1. The number of hydrogen-bond donors (Lipinski definition) is 1. The molecule has 0 unspecified atom stereocenters. The lowest BCUT2D eigenvalue weighted by atomic mass is 9.99. The van der Waals surface area contributed by atoms with Gasteiger partial charge in [-0.2, -0.15) is 0 Å². The van der Waals surface area contributed by atoms with E-state index in [0.717, 1.165) is 11.1 Å². The van der Waals surface area contributed by atoms with E-state index in [4.69, 9.17) is 10.5 Å². The van der Waals surface area contributed by atoms with E-state index in [2.05, 4.69) is 0 Å². The summed E-state index contributed by atoms with van der Waals surface area (Å²) in [5.41, 5.74) is 7.90. The van der Waals surface area contributed by atoms with E-state index in [1.54, 1.807) is 18.2 Å². The van der Waals surface area contributed by atoms with Gasteiger partial charge in [-0.15, -0.1) is 0 Å². The molecular weight excluding hydrogens is 217 g/mol. The number of hydrogen-bond acceptors (Lipinski definition) is 2. The van der Waals surface area contributed by atoms with Gasteiger partial charge in [-0.25, -0.2) is 4.39 Å². The molecule has 0 heterocycles. The minimum absolute atomic E-state index is 0.245. The highest BCUT2D eigenvalue weighted by Crippen LogP contribution is 2.30. The van der Waals surface area contributed by atoms with Crippen molar-refractivity contribution in [1.82, 2.24) is 0 Å². The van der Waals surface area contributed by atoms with E-state index in [9.17, 15) is 4.39 Å². The third-order valence-electron chi connectivity index (χ3n) is 2.71. The molecule has 0 saturated carbocycles. The van der Waals surface area contributed by atoms with E-state index in [1.807, 2.05) is 24.3 Å². The largest absolute Gasteiger partial charge is 0.494 e. The van der Waals surface area contributed by atoms with Crippen LogP contribution in [0.3, 0.4) is 0 Å². The van der Waals surface area contributed by atoms with Crippen molar-refractivity contribution in [2.24, 2.45) is 5.73 Å². The summed E-state index contributed by atoms with van der Waals surface area (Å²) in [6.45, 7) is 0.382. The van der Waals surface area contributed by atoms with Crippen molar-refractivity contribution < 1.29 is 9.13 Å². The molecule has 0 atom stereocenters. The zero-order chi connectivity index (χ0) is 12.3. The van der Waals surface area contributed by atoms with E-state index >= 15 is 0 Å². The van der Waals surface area contributed by atoms with Crippen LogP contribution in [0, 0.1) is 5.82 Å². The van der Waals surface area contributed by atoms with Gasteiger partial charge in [-0.1, -0.05) is 36.4 Å². The van der Waals surface area contributed by atoms with Crippen molar-refractivity contribution in [3.05, 3.63) is 53.8 Å². The summed E-state index contributed by atoms with van der Waals surface area (Å²) in [6, 6.07) is 12.6. The van der Waals surface area contributed by atoms with Crippen molar-refractivity contribution in [2.45, 2.75) is 6.54 Å². The lowest BCUT2D eigenvalue weighted by molar-refractivity contribution is 0.387. The van der Waals surface area contributed by atoms with Crippen LogP contribution in [-0.4, -0.2) is 7.11 Å². The summed E-state index contributed by atoms with van der Waals surface area (Å²) in [5.74, 6) is -0.106. The Morgan fingerprint density at radius 2 is 1.76 bits per heavy atom. The molecule has 0 aliphatic heterocycles. The maximum atomic E-state index is 14.1. The number of benzene rings is 2. The maximum absolute atomic E-state index is 14.1. The van der Waals surface area contributed by atoms with Crippen LogP contribution in [0.25, 0.3) is 11.1 Å². The minimum atomic E-state index is -0.351. The normalized spacial score (nSPS) is 10.3. The molecule has 0 amide bonds. The number of halogens is 1. The average molecular weight is 231 g/mol. The SMILES string of the molecule is COc1cccc(-c2ccccc2CN)c1F. The fraction of sp³-hybridized carbons (Fsp3) is 0.143. The molecule has 2 aromatic rings. The van der Waals surface area contributed by atoms with Crippen LogP contribution >= 0.6 is 0 Å². The smallest absolute Gasteiger partial charge is 0.172 e. The highest BCUT2D eigenvalue weighted by atomic mass is 19.1. The predicted molar refractivity (Wildman–Crippen MR) is 66.3 cm³/mol. The summed E-state index contributed by atoms with van der Waals surface area (Å²) in [4.78, 5) is 0. The van der Waals surface area contributed by atoms with Crippen LogP contribution in [-0.2, 0) is 6.54 Å². The lowest BCUT2D eigenvalue weighted by Gasteiger charge is -2.10. The summed E-state index contributed by atoms with van der Waals surface area (Å²) >= 11 is 0. The Bertz CT molecular complexity index is 525. The molecule has 0 aromatic heterocycles. The van der Waals surface area contributed by atoms with Gasteiger partial charge in [0.05, 0.1) is 7.11 Å². The molecule has 0 saturated heterocycles. The topological polar surface area (TPSA) is 35.2 Å². The number of rotatable bonds is 3. The quantitative estimate of drug-likeness (QED) is 0.881. The molecule has 0 spiro atoms. The molecule has 3 heteroatoms. The standard InChI is InChI=1S/C14H14FNO/c1-17-13-8-4-7-12(14(13)15)11-6-3-2-5-10(11)9-16/h2-8H,9,16H2,1H3. The Hall–Kier alpha value is -1.87. The molecule has 0 bridgehead atoms. The van der Waals surface area contributed by atoms with E-state index in [1.165, 1.54) is 7.11 Å². The second-order valence-electron chi connectivity index (χ2n) is 3.68. The second-order valence-corrected chi connectivity index (χ2v) is 3.68. The molecule has 2 N–H and O–H groups in total. The van der Waals surface area contributed by atoms with Gasteiger partial charge in [0.25, 0.3) is 0 Å². The van der Waals surface area contributed by atoms with Gasteiger partial charge in [0.15, 0.2) is 11.6 Å². The van der Waals surface area contributed by atoms with Crippen molar-refractivity contribution in [3.8, 4) is 16.9 Å². The van der Waals surface area contributed by atoms with Crippen LogP contribution in [0.15, 0.2) is 42.5 Å². The van der Waals surface area contributed by atoms with Crippen LogP contribution in [0.1, 0.15) is 5.56 Å². The van der Waals surface area contributed by atoms with Gasteiger partial charge < -0.3 is 10.5 Å². The van der Waals surface area contributed by atoms with E-state index in [-0.39, 0.29) is 11.6 Å². The predicted octanol–water partition coefficient (Wildman–Crippen LogP) is 2.96. The Balaban J connectivity index is 2.60. The molecule has 17 heavy (non-hydrogen) atoms. The Kier molecular flexibility index (Phi) is 3.40. The zero-order valence-electron chi connectivity index (χ0n) is 9.61. The third-order valence-corrected chi connectivity index (χ3v) is 2.71. The van der Waals surface area contributed by atoms with Gasteiger partial charge in [-0.05, 0) is 17.2 Å². The summed E-state index contributed by atoms with van der Waals surface area (Å²) < 4.78 is 19.1. The van der Waals surface area contributed by atoms with Gasteiger partial charge in [0.2, 0.25) is 0 Å². The fourth-order valence-electron chi connectivity index (χ4n) is 1.84. The first kappa shape index (κ1) is 11.6. The summed E-state index contributed by atoms with van der Waals surface area (Å²) in [7, 11) is 1.46. The number of ether oxygens (including phenoxy) is 1. The highest BCUT2D eigenvalue weighted by Gasteiger charge is 2.12. The molecule has 0 fully saturated rings. The van der Waals surface area contributed by atoms with Crippen LogP contribution in [0.5, 0.6) is 5.75 Å². The van der Waals surface area contributed by atoms with E-state index in [0.29, 0.717) is 12.1 Å². The molecule has 88 valence electrons. The van der Waals surface area contributed by atoms with Gasteiger partial charge in [-0.3, -0.25) is 0 Å². The summed E-state index contributed by atoms with van der Waals surface area (Å²) in [6.07, 6.45) is 0. The van der Waals surface area contributed by atoms with Gasteiger partial charge in [0, 0.05) is 12.1 Å². The molecule has 0 aliphatic rings. The molecule has 2 aromatic carbocycles. The van der Waals surface area contributed by atoms with Crippen LogP contribution in [0.2, 0.25) is 0 Å². The molecule has 2 rings (SSSR count). The minimum Gasteiger partial charge on any atom is -0.494 e. The Morgan fingerprint density at radius 1 is 1.06 bits per heavy atom. The van der Waals surface area contributed by atoms with Crippen molar-refractivity contribution in [1.29, 1.82) is 0 Å². The van der Waals surface area contributed by atoms with Crippen molar-refractivity contribution in [2.75, 3.05) is 7.11 Å². The molecule has 2 nitrogen and oxygen atoms in total. The molecular formula is C14H14FNO. The highest BCUT2D eigenvalue weighted by molar-refractivity contribution is 5.69. The zero-order valence-corrected chi connectivity index (χ0v) is 9.61. The van der Waals surface area contributed by atoms with Crippen LogP contribution in [0.4, 0.5) is 4.39 Å². The second kappa shape index (κ2) is 4.97. The Labute approximate surface area is 99.8 Å². The average Bonchev–Trinajstić information content (AvgIpc) is 2.39. The van der Waals surface area contributed by atoms with E-state index < -0.39 is 0 Å². The third kappa shape index (κ3) is 2.15. The monoisotopic (exact) mass is 231 g/mol. The van der Waals surface area contributed by atoms with Crippen molar-refractivity contribution in [3.63, 3.8) is 0 Å². The Morgan fingerprint density at radius 3 is 2.47 bits per heavy atom. The van der Waals surface area contributed by atoms with Crippen LogP contribution < -0.4 is 10.5 Å². The summed E-state index contributed by atoms with van der Waals surface area (Å²) in [5, 5.41) is 0. The first-order valence-electron chi connectivity index (χ1n) is 5.38. The fourth-order valence-corrected chi connectivity index (χ4v) is 1.84. The molecule has 0 aliphatic carbocycles. The maximum Gasteiger partial charge on any atom is 0.172 e. The first-order valence-corrected chi connectivity index (χ1v) is 5.38.